The predicted octanol–water partition coefficient (Wildman–Crippen LogP) is 2.06. The molecule has 0 bridgehead atoms. The Kier molecular flexibility index (Phi) is 4.87. The van der Waals surface area contributed by atoms with Crippen LogP contribution in [-0.2, 0) is 4.74 Å². The van der Waals surface area contributed by atoms with Crippen molar-refractivity contribution in [3.8, 4) is 5.75 Å². The summed E-state index contributed by atoms with van der Waals surface area (Å²) in [6, 6.07) is 7.40. The van der Waals surface area contributed by atoms with E-state index in [-0.39, 0.29) is 17.4 Å². The first-order valence-electron chi connectivity index (χ1n) is 8.43. The first-order valence-corrected chi connectivity index (χ1v) is 8.43. The molecule has 5 nitrogen and oxygen atoms in total. The second-order valence-corrected chi connectivity index (χ2v) is 6.96. The van der Waals surface area contributed by atoms with Crippen LogP contribution in [0.3, 0.4) is 0 Å². The van der Waals surface area contributed by atoms with Crippen molar-refractivity contribution in [2.24, 2.45) is 11.1 Å². The van der Waals surface area contributed by atoms with Crippen LogP contribution in [0.1, 0.15) is 36.5 Å². The number of rotatable bonds is 5. The fraction of sp³-hybridized carbons (Fsp3) is 0.611. The van der Waals surface area contributed by atoms with Crippen molar-refractivity contribution >= 4 is 5.91 Å². The van der Waals surface area contributed by atoms with Gasteiger partial charge in [0.2, 0.25) is 0 Å². The lowest BCUT2D eigenvalue weighted by Gasteiger charge is -2.22. The first kappa shape index (κ1) is 16.3. The summed E-state index contributed by atoms with van der Waals surface area (Å²) in [6.07, 6.45) is 3.34. The van der Waals surface area contributed by atoms with E-state index >= 15 is 0 Å². The molecule has 3 rings (SSSR count). The molecule has 2 saturated heterocycles. The van der Waals surface area contributed by atoms with Crippen molar-refractivity contribution in [3.05, 3.63) is 29.8 Å². The lowest BCUT2D eigenvalue weighted by atomic mass is 9.90. The number of benzene rings is 1. The minimum absolute atomic E-state index is 0.0555. The van der Waals surface area contributed by atoms with Crippen LogP contribution in [0.5, 0.6) is 5.75 Å². The van der Waals surface area contributed by atoms with Crippen LogP contribution < -0.4 is 10.5 Å². The molecule has 1 aromatic carbocycles. The van der Waals surface area contributed by atoms with Crippen LogP contribution >= 0.6 is 0 Å². The Balaban J connectivity index is 1.55. The molecule has 1 amide bonds. The number of hydrogen-bond donors (Lipinski definition) is 1. The summed E-state index contributed by atoms with van der Waals surface area (Å²) >= 11 is 0. The molecule has 2 N–H and O–H groups in total. The van der Waals surface area contributed by atoms with Gasteiger partial charge >= 0.3 is 0 Å². The maximum absolute atomic E-state index is 12.6. The van der Waals surface area contributed by atoms with Crippen molar-refractivity contribution < 1.29 is 14.3 Å². The van der Waals surface area contributed by atoms with Crippen molar-refractivity contribution in [1.29, 1.82) is 0 Å². The molecule has 0 saturated carbocycles. The van der Waals surface area contributed by atoms with Crippen LogP contribution in [0.2, 0.25) is 0 Å². The van der Waals surface area contributed by atoms with Crippen LogP contribution in [0.4, 0.5) is 0 Å². The maximum atomic E-state index is 12.6. The summed E-state index contributed by atoms with van der Waals surface area (Å²) < 4.78 is 11.3. The number of likely N-dealkylation sites (tertiary alicyclic amines) is 1. The third kappa shape index (κ3) is 3.85. The Labute approximate surface area is 137 Å². The van der Waals surface area contributed by atoms with E-state index in [2.05, 4.69) is 6.92 Å². The third-order valence-corrected chi connectivity index (χ3v) is 4.90. The highest BCUT2D eigenvalue weighted by molar-refractivity contribution is 5.94. The van der Waals surface area contributed by atoms with E-state index in [0.29, 0.717) is 18.7 Å². The smallest absolute Gasteiger partial charge is 0.253 e. The highest BCUT2D eigenvalue weighted by atomic mass is 16.5. The second kappa shape index (κ2) is 6.89. The van der Waals surface area contributed by atoms with Crippen molar-refractivity contribution in [3.63, 3.8) is 0 Å². The molecule has 5 heteroatoms. The Bertz CT molecular complexity index is 540. The van der Waals surface area contributed by atoms with E-state index in [1.54, 1.807) is 0 Å². The zero-order valence-electron chi connectivity index (χ0n) is 13.8. The van der Waals surface area contributed by atoms with Gasteiger partial charge in [-0.25, -0.2) is 0 Å². The van der Waals surface area contributed by atoms with E-state index < -0.39 is 0 Å². The Morgan fingerprint density at radius 3 is 2.83 bits per heavy atom. The van der Waals surface area contributed by atoms with Gasteiger partial charge in [-0.1, -0.05) is 6.92 Å². The quantitative estimate of drug-likeness (QED) is 0.902. The summed E-state index contributed by atoms with van der Waals surface area (Å²) in [7, 11) is 0. The van der Waals surface area contributed by atoms with Crippen LogP contribution in [0.25, 0.3) is 0 Å². The molecule has 2 aliphatic heterocycles. The molecule has 126 valence electrons. The predicted molar refractivity (Wildman–Crippen MR) is 88.6 cm³/mol. The van der Waals surface area contributed by atoms with Crippen LogP contribution in [0, 0.1) is 5.41 Å². The molecule has 0 aliphatic carbocycles. The van der Waals surface area contributed by atoms with Crippen molar-refractivity contribution in [2.45, 2.75) is 32.3 Å². The van der Waals surface area contributed by atoms with Crippen molar-refractivity contribution in [2.75, 3.05) is 32.8 Å². The molecular formula is C18H26N2O3. The molecule has 2 fully saturated rings. The lowest BCUT2D eigenvalue weighted by Crippen LogP contribution is -2.34. The largest absolute Gasteiger partial charge is 0.491 e. The normalized spacial score (nSPS) is 27.4. The summed E-state index contributed by atoms with van der Waals surface area (Å²) in [6.45, 7) is 5.69. The number of hydrogen-bond acceptors (Lipinski definition) is 4. The SMILES string of the molecule is CC1(CN)CCN(C(=O)c2ccc(OCC3CCCO3)cc2)C1. The van der Waals surface area contributed by atoms with Gasteiger partial charge in [0.25, 0.3) is 5.91 Å². The number of nitrogens with zero attached hydrogens (tertiary/aromatic N) is 1. The van der Waals surface area contributed by atoms with Gasteiger partial charge < -0.3 is 20.1 Å². The summed E-state index contributed by atoms with van der Waals surface area (Å²) in [4.78, 5) is 14.5. The number of carbonyl (C=O) groups excluding carboxylic acids is 1. The molecule has 2 unspecified atom stereocenters. The Hall–Kier alpha value is -1.59. The Morgan fingerprint density at radius 2 is 2.22 bits per heavy atom. The van der Waals surface area contributed by atoms with Crippen molar-refractivity contribution in [1.82, 2.24) is 4.90 Å². The zero-order valence-corrected chi connectivity index (χ0v) is 13.8. The number of nitrogens with two attached hydrogens (primary N) is 1. The zero-order chi connectivity index (χ0) is 16.3. The van der Waals surface area contributed by atoms with Gasteiger partial charge in [-0.2, -0.15) is 0 Å². The monoisotopic (exact) mass is 318 g/mol. The first-order chi connectivity index (χ1) is 11.1. The van der Waals surface area contributed by atoms with E-state index in [9.17, 15) is 4.79 Å². The van der Waals surface area contributed by atoms with Gasteiger partial charge in [0, 0.05) is 25.3 Å². The Morgan fingerprint density at radius 1 is 1.43 bits per heavy atom. The molecule has 0 aromatic heterocycles. The average Bonchev–Trinajstić information content (AvgIpc) is 3.23. The van der Waals surface area contributed by atoms with E-state index in [1.165, 1.54) is 0 Å². The van der Waals surface area contributed by atoms with Crippen LogP contribution in [0.15, 0.2) is 24.3 Å². The number of carbonyl (C=O) groups is 1. The minimum Gasteiger partial charge on any atom is -0.491 e. The lowest BCUT2D eigenvalue weighted by molar-refractivity contribution is 0.0679. The van der Waals surface area contributed by atoms with Gasteiger partial charge in [0.15, 0.2) is 0 Å². The highest BCUT2D eigenvalue weighted by Gasteiger charge is 2.35. The van der Waals surface area contributed by atoms with E-state index in [0.717, 1.165) is 44.7 Å². The van der Waals surface area contributed by atoms with Gasteiger partial charge in [-0.05, 0) is 55.5 Å². The number of amides is 1. The van der Waals surface area contributed by atoms with Gasteiger partial charge in [0.05, 0.1) is 6.10 Å². The molecule has 1 aromatic rings. The van der Waals surface area contributed by atoms with Gasteiger partial charge in [0.1, 0.15) is 12.4 Å². The fourth-order valence-corrected chi connectivity index (χ4v) is 3.20. The second-order valence-electron chi connectivity index (χ2n) is 6.96. The molecule has 2 heterocycles. The summed E-state index contributed by atoms with van der Waals surface area (Å²) in [5, 5.41) is 0. The molecule has 0 spiro atoms. The highest BCUT2D eigenvalue weighted by Crippen LogP contribution is 2.29. The topological polar surface area (TPSA) is 64.8 Å². The fourth-order valence-electron chi connectivity index (χ4n) is 3.20. The molecule has 2 atom stereocenters. The standard InChI is InChI=1S/C18H26N2O3/c1-18(12-19)8-9-20(13-18)17(21)14-4-6-15(7-5-14)23-11-16-3-2-10-22-16/h4-7,16H,2-3,8-13,19H2,1H3. The summed E-state index contributed by atoms with van der Waals surface area (Å²) in [5.41, 5.74) is 6.57. The van der Waals surface area contributed by atoms with Crippen LogP contribution in [-0.4, -0.2) is 49.8 Å². The minimum atomic E-state index is 0.0555. The molecule has 2 aliphatic rings. The summed E-state index contributed by atoms with van der Waals surface area (Å²) in [5.74, 6) is 0.859. The average molecular weight is 318 g/mol. The van der Waals surface area contributed by atoms with E-state index in [4.69, 9.17) is 15.2 Å². The number of ether oxygens (including phenoxy) is 2. The third-order valence-electron chi connectivity index (χ3n) is 4.90. The molecule has 23 heavy (non-hydrogen) atoms. The molecular weight excluding hydrogens is 292 g/mol. The maximum Gasteiger partial charge on any atom is 0.253 e. The van der Waals surface area contributed by atoms with Gasteiger partial charge in [-0.3, -0.25) is 4.79 Å². The van der Waals surface area contributed by atoms with E-state index in [1.807, 2.05) is 29.2 Å². The van der Waals surface area contributed by atoms with Gasteiger partial charge in [-0.15, -0.1) is 0 Å². The molecule has 0 radical (unpaired) electrons.